The number of benzene rings is 1. The first-order chi connectivity index (χ1) is 9.47. The molecule has 0 radical (unpaired) electrons. The molecule has 20 heavy (non-hydrogen) atoms. The number of carbonyl (C=O) groups is 3. The van der Waals surface area contributed by atoms with Gasteiger partial charge >= 0.3 is 0 Å². The standard InChI is InChI=1S/C13H14ClN3O3/c1-8-13(20)17(12(19)6-15-8)7-11(18)16-10-4-2-3-9(14)5-10/h2-5,8,15H,6-7H2,1H3,(H,16,18). The minimum Gasteiger partial charge on any atom is -0.324 e. The zero-order chi connectivity index (χ0) is 14.7. The maximum atomic E-state index is 11.9. The van der Waals surface area contributed by atoms with Gasteiger partial charge in [-0.15, -0.1) is 0 Å². The van der Waals surface area contributed by atoms with Gasteiger partial charge in [0.1, 0.15) is 6.54 Å². The van der Waals surface area contributed by atoms with Gasteiger partial charge in [-0.05, 0) is 25.1 Å². The lowest BCUT2D eigenvalue weighted by Crippen LogP contribution is -2.58. The van der Waals surface area contributed by atoms with Gasteiger partial charge in [0.25, 0.3) is 0 Å². The first-order valence-corrected chi connectivity index (χ1v) is 6.48. The van der Waals surface area contributed by atoms with Gasteiger partial charge < -0.3 is 5.32 Å². The van der Waals surface area contributed by atoms with E-state index in [2.05, 4.69) is 10.6 Å². The molecule has 1 aromatic rings. The highest BCUT2D eigenvalue weighted by atomic mass is 35.5. The lowest BCUT2D eigenvalue weighted by molar-refractivity contribution is -0.150. The molecule has 0 aromatic heterocycles. The molecule has 1 unspecified atom stereocenters. The van der Waals surface area contributed by atoms with E-state index in [0.717, 1.165) is 4.90 Å². The smallest absolute Gasteiger partial charge is 0.246 e. The number of carbonyl (C=O) groups excluding carboxylic acids is 3. The van der Waals surface area contributed by atoms with Crippen LogP contribution in [0.2, 0.25) is 5.02 Å². The summed E-state index contributed by atoms with van der Waals surface area (Å²) in [5.41, 5.74) is 0.519. The largest absolute Gasteiger partial charge is 0.324 e. The highest BCUT2D eigenvalue weighted by molar-refractivity contribution is 6.30. The summed E-state index contributed by atoms with van der Waals surface area (Å²) in [6, 6.07) is 6.17. The molecule has 1 heterocycles. The maximum absolute atomic E-state index is 11.9. The summed E-state index contributed by atoms with van der Waals surface area (Å²) >= 11 is 5.81. The summed E-state index contributed by atoms with van der Waals surface area (Å²) in [4.78, 5) is 36.3. The number of hydrogen-bond acceptors (Lipinski definition) is 4. The molecule has 2 rings (SSSR count). The Bertz CT molecular complexity index is 562. The van der Waals surface area contributed by atoms with Crippen molar-refractivity contribution in [2.75, 3.05) is 18.4 Å². The number of nitrogens with zero attached hydrogens (tertiary/aromatic N) is 1. The van der Waals surface area contributed by atoms with Crippen LogP contribution in [-0.4, -0.2) is 41.8 Å². The summed E-state index contributed by atoms with van der Waals surface area (Å²) < 4.78 is 0. The molecule has 0 aliphatic carbocycles. The number of hydrogen-bond donors (Lipinski definition) is 2. The summed E-state index contributed by atoms with van der Waals surface area (Å²) in [6.45, 7) is 1.41. The van der Waals surface area contributed by atoms with Gasteiger partial charge in [-0.25, -0.2) is 0 Å². The van der Waals surface area contributed by atoms with E-state index in [1.54, 1.807) is 31.2 Å². The minimum absolute atomic E-state index is 0.0529. The fraction of sp³-hybridized carbons (Fsp3) is 0.308. The summed E-state index contributed by atoms with van der Waals surface area (Å²) in [5.74, 6) is -1.25. The normalized spacial score (nSPS) is 19.1. The van der Waals surface area contributed by atoms with Crippen molar-refractivity contribution in [1.82, 2.24) is 10.2 Å². The zero-order valence-electron chi connectivity index (χ0n) is 10.9. The molecule has 0 saturated carbocycles. The van der Waals surface area contributed by atoms with Crippen molar-refractivity contribution in [3.63, 3.8) is 0 Å². The van der Waals surface area contributed by atoms with Crippen LogP contribution in [0, 0.1) is 0 Å². The molecular formula is C13H14ClN3O3. The Hall–Kier alpha value is -1.92. The SMILES string of the molecule is CC1NCC(=O)N(CC(=O)Nc2cccc(Cl)c2)C1=O. The van der Waals surface area contributed by atoms with Crippen LogP contribution >= 0.6 is 11.6 Å². The van der Waals surface area contributed by atoms with Crippen LogP contribution in [-0.2, 0) is 14.4 Å². The average Bonchev–Trinajstić information content (AvgIpc) is 2.39. The van der Waals surface area contributed by atoms with Crippen molar-refractivity contribution in [2.45, 2.75) is 13.0 Å². The Morgan fingerprint density at radius 3 is 2.95 bits per heavy atom. The third kappa shape index (κ3) is 3.34. The molecular weight excluding hydrogens is 282 g/mol. The maximum Gasteiger partial charge on any atom is 0.246 e. The van der Waals surface area contributed by atoms with E-state index in [1.807, 2.05) is 0 Å². The van der Waals surface area contributed by atoms with E-state index >= 15 is 0 Å². The van der Waals surface area contributed by atoms with E-state index in [9.17, 15) is 14.4 Å². The lowest BCUT2D eigenvalue weighted by Gasteiger charge is -2.29. The molecule has 1 fully saturated rings. The van der Waals surface area contributed by atoms with Crippen molar-refractivity contribution in [3.8, 4) is 0 Å². The van der Waals surface area contributed by atoms with Crippen LogP contribution < -0.4 is 10.6 Å². The molecule has 106 valence electrons. The molecule has 1 aliphatic heterocycles. The van der Waals surface area contributed by atoms with Gasteiger partial charge in [0.2, 0.25) is 17.7 Å². The van der Waals surface area contributed by atoms with Gasteiger partial charge in [0.05, 0.1) is 12.6 Å². The number of rotatable bonds is 3. The Labute approximate surface area is 121 Å². The van der Waals surface area contributed by atoms with E-state index in [1.165, 1.54) is 0 Å². The summed E-state index contributed by atoms with van der Waals surface area (Å²) in [7, 11) is 0. The van der Waals surface area contributed by atoms with Crippen LogP contribution in [0.3, 0.4) is 0 Å². The number of amides is 3. The molecule has 1 aliphatic rings. The second-order valence-electron chi connectivity index (χ2n) is 4.48. The topological polar surface area (TPSA) is 78.5 Å². The van der Waals surface area contributed by atoms with Gasteiger partial charge in [-0.2, -0.15) is 0 Å². The zero-order valence-corrected chi connectivity index (χ0v) is 11.6. The van der Waals surface area contributed by atoms with Crippen LogP contribution in [0.1, 0.15) is 6.92 Å². The highest BCUT2D eigenvalue weighted by Crippen LogP contribution is 2.15. The number of imide groups is 1. The van der Waals surface area contributed by atoms with Crippen molar-refractivity contribution in [3.05, 3.63) is 29.3 Å². The van der Waals surface area contributed by atoms with Crippen LogP contribution in [0.4, 0.5) is 5.69 Å². The van der Waals surface area contributed by atoms with E-state index in [0.29, 0.717) is 10.7 Å². The quantitative estimate of drug-likeness (QED) is 0.802. The predicted octanol–water partition coefficient (Wildman–Crippen LogP) is 0.625. The Balaban J connectivity index is 2.00. The molecule has 0 bridgehead atoms. The van der Waals surface area contributed by atoms with Gasteiger partial charge in [-0.3, -0.25) is 24.6 Å². The molecule has 0 spiro atoms. The van der Waals surface area contributed by atoms with Crippen LogP contribution in [0.5, 0.6) is 0 Å². The van der Waals surface area contributed by atoms with Gasteiger partial charge in [0.15, 0.2) is 0 Å². The Kier molecular flexibility index (Phi) is 4.36. The van der Waals surface area contributed by atoms with E-state index in [-0.39, 0.29) is 13.1 Å². The Morgan fingerprint density at radius 2 is 2.25 bits per heavy atom. The van der Waals surface area contributed by atoms with Gasteiger partial charge in [-0.1, -0.05) is 17.7 Å². The fourth-order valence-electron chi connectivity index (χ4n) is 1.86. The van der Waals surface area contributed by atoms with E-state index < -0.39 is 23.8 Å². The predicted molar refractivity (Wildman–Crippen MR) is 74.3 cm³/mol. The fourth-order valence-corrected chi connectivity index (χ4v) is 2.05. The average molecular weight is 296 g/mol. The van der Waals surface area contributed by atoms with Gasteiger partial charge in [0, 0.05) is 10.7 Å². The van der Waals surface area contributed by atoms with Crippen molar-refractivity contribution >= 4 is 35.0 Å². The molecule has 1 saturated heterocycles. The molecule has 6 nitrogen and oxygen atoms in total. The van der Waals surface area contributed by atoms with Crippen molar-refractivity contribution < 1.29 is 14.4 Å². The number of anilines is 1. The summed E-state index contributed by atoms with van der Waals surface area (Å²) in [6.07, 6.45) is 0. The highest BCUT2D eigenvalue weighted by Gasteiger charge is 2.32. The van der Waals surface area contributed by atoms with Crippen LogP contribution in [0.25, 0.3) is 0 Å². The second kappa shape index (κ2) is 6.02. The van der Waals surface area contributed by atoms with Crippen molar-refractivity contribution in [1.29, 1.82) is 0 Å². The number of halogens is 1. The number of piperazine rings is 1. The monoisotopic (exact) mass is 295 g/mol. The number of nitrogens with one attached hydrogen (secondary N) is 2. The Morgan fingerprint density at radius 1 is 1.50 bits per heavy atom. The third-order valence-corrected chi connectivity index (χ3v) is 3.14. The van der Waals surface area contributed by atoms with E-state index in [4.69, 9.17) is 11.6 Å². The third-order valence-electron chi connectivity index (χ3n) is 2.91. The minimum atomic E-state index is -0.466. The first-order valence-electron chi connectivity index (χ1n) is 6.10. The molecule has 7 heteroatoms. The first kappa shape index (κ1) is 14.5. The van der Waals surface area contributed by atoms with Crippen LogP contribution in [0.15, 0.2) is 24.3 Å². The lowest BCUT2D eigenvalue weighted by atomic mass is 10.2. The summed E-state index contributed by atoms with van der Waals surface area (Å²) in [5, 5.41) is 5.84. The molecule has 1 aromatic carbocycles. The molecule has 2 N–H and O–H groups in total. The molecule has 3 amide bonds. The molecule has 1 atom stereocenters. The second-order valence-corrected chi connectivity index (χ2v) is 4.92. The van der Waals surface area contributed by atoms with Crippen molar-refractivity contribution in [2.24, 2.45) is 0 Å².